The van der Waals surface area contributed by atoms with Gasteiger partial charge in [0.05, 0.1) is 11.5 Å². The van der Waals surface area contributed by atoms with Gasteiger partial charge in [-0.3, -0.25) is 0 Å². The summed E-state index contributed by atoms with van der Waals surface area (Å²) < 4.78 is 5.12. The first-order chi connectivity index (χ1) is 6.23. The van der Waals surface area contributed by atoms with Gasteiger partial charge in [0.1, 0.15) is 0 Å². The first kappa shape index (κ1) is 10.6. The van der Waals surface area contributed by atoms with Crippen LogP contribution in [-0.4, -0.2) is 13.7 Å². The Kier molecular flexibility index (Phi) is 3.76. The first-order valence-corrected chi connectivity index (χ1v) is 4.84. The molecule has 0 saturated carbocycles. The fourth-order valence-electron chi connectivity index (χ4n) is 1.36. The zero-order chi connectivity index (χ0) is 9.73. The third-order valence-corrected chi connectivity index (χ3v) is 2.82. The third-order valence-electron chi connectivity index (χ3n) is 2.22. The molecular weight excluding hydrogens is 184 g/mol. The SMILES string of the molecule is CCC(Cl)(COC)c1ccccc1. The standard InChI is InChI=1S/C11H15ClO/c1-3-11(12,9-13-2)10-7-5-4-6-8-10/h4-8H,3,9H2,1-2H3. The normalized spacial score (nSPS) is 15.3. The lowest BCUT2D eigenvalue weighted by Crippen LogP contribution is -2.23. The van der Waals surface area contributed by atoms with E-state index in [9.17, 15) is 0 Å². The van der Waals surface area contributed by atoms with Gasteiger partial charge in [0.2, 0.25) is 0 Å². The topological polar surface area (TPSA) is 9.23 Å². The molecule has 0 amide bonds. The van der Waals surface area contributed by atoms with Gasteiger partial charge in [-0.25, -0.2) is 0 Å². The number of halogens is 1. The van der Waals surface area contributed by atoms with Crippen molar-refractivity contribution in [1.29, 1.82) is 0 Å². The molecule has 0 aliphatic heterocycles. The maximum atomic E-state index is 6.42. The minimum absolute atomic E-state index is 0.365. The average molecular weight is 199 g/mol. The van der Waals surface area contributed by atoms with Crippen LogP contribution in [0.5, 0.6) is 0 Å². The molecule has 0 heterocycles. The lowest BCUT2D eigenvalue weighted by atomic mass is 9.96. The average Bonchev–Trinajstić information content (AvgIpc) is 2.19. The smallest absolute Gasteiger partial charge is 0.0924 e. The van der Waals surface area contributed by atoms with E-state index in [1.165, 1.54) is 0 Å². The van der Waals surface area contributed by atoms with Crippen molar-refractivity contribution in [3.8, 4) is 0 Å². The van der Waals surface area contributed by atoms with Crippen LogP contribution in [0.25, 0.3) is 0 Å². The highest BCUT2D eigenvalue weighted by molar-refractivity contribution is 6.24. The van der Waals surface area contributed by atoms with E-state index >= 15 is 0 Å². The van der Waals surface area contributed by atoms with Crippen LogP contribution in [0, 0.1) is 0 Å². The fraction of sp³-hybridized carbons (Fsp3) is 0.455. The van der Waals surface area contributed by atoms with Gasteiger partial charge in [0, 0.05) is 7.11 Å². The Labute approximate surface area is 84.7 Å². The van der Waals surface area contributed by atoms with Gasteiger partial charge < -0.3 is 4.74 Å². The van der Waals surface area contributed by atoms with E-state index in [1.807, 2.05) is 30.3 Å². The van der Waals surface area contributed by atoms with Gasteiger partial charge in [0.15, 0.2) is 0 Å². The number of ether oxygens (including phenoxy) is 1. The van der Waals surface area contributed by atoms with Gasteiger partial charge in [-0.15, -0.1) is 11.6 Å². The van der Waals surface area contributed by atoms with Crippen molar-refractivity contribution in [1.82, 2.24) is 0 Å². The first-order valence-electron chi connectivity index (χ1n) is 4.46. The number of benzene rings is 1. The molecule has 2 heteroatoms. The van der Waals surface area contributed by atoms with Crippen molar-refractivity contribution in [3.63, 3.8) is 0 Å². The van der Waals surface area contributed by atoms with Crippen molar-refractivity contribution < 1.29 is 4.74 Å². The van der Waals surface area contributed by atoms with Gasteiger partial charge in [-0.1, -0.05) is 37.3 Å². The highest BCUT2D eigenvalue weighted by atomic mass is 35.5. The van der Waals surface area contributed by atoms with Crippen molar-refractivity contribution >= 4 is 11.6 Å². The predicted molar refractivity (Wildman–Crippen MR) is 56.1 cm³/mol. The second-order valence-corrected chi connectivity index (χ2v) is 3.84. The highest BCUT2D eigenvalue weighted by Gasteiger charge is 2.26. The van der Waals surface area contributed by atoms with Crippen molar-refractivity contribution in [2.75, 3.05) is 13.7 Å². The van der Waals surface area contributed by atoms with Gasteiger partial charge in [-0.2, -0.15) is 0 Å². The molecule has 1 nitrogen and oxygen atoms in total. The molecule has 1 unspecified atom stereocenters. The molecule has 0 spiro atoms. The maximum absolute atomic E-state index is 6.42. The Morgan fingerprint density at radius 1 is 1.31 bits per heavy atom. The summed E-state index contributed by atoms with van der Waals surface area (Å²) in [6, 6.07) is 10.1. The van der Waals surface area contributed by atoms with Crippen molar-refractivity contribution in [3.05, 3.63) is 35.9 Å². The van der Waals surface area contributed by atoms with Crippen LogP contribution in [-0.2, 0) is 9.61 Å². The summed E-state index contributed by atoms with van der Waals surface area (Å²) in [5.74, 6) is 0. The Morgan fingerprint density at radius 2 is 1.92 bits per heavy atom. The molecule has 0 radical (unpaired) electrons. The molecule has 72 valence electrons. The van der Waals surface area contributed by atoms with Crippen LogP contribution in [0.1, 0.15) is 18.9 Å². The van der Waals surface area contributed by atoms with E-state index < -0.39 is 0 Å². The van der Waals surface area contributed by atoms with Crippen LogP contribution in [0.2, 0.25) is 0 Å². The molecule has 0 aromatic heterocycles. The van der Waals surface area contributed by atoms with E-state index in [-0.39, 0.29) is 4.87 Å². The molecule has 0 fully saturated rings. The number of methoxy groups -OCH3 is 1. The van der Waals surface area contributed by atoms with E-state index in [2.05, 4.69) is 6.92 Å². The number of rotatable bonds is 4. The number of hydrogen-bond acceptors (Lipinski definition) is 1. The maximum Gasteiger partial charge on any atom is 0.0924 e. The molecule has 13 heavy (non-hydrogen) atoms. The summed E-state index contributed by atoms with van der Waals surface area (Å²) in [6.07, 6.45) is 0.867. The Bertz CT molecular complexity index is 248. The van der Waals surface area contributed by atoms with Gasteiger partial charge in [-0.05, 0) is 12.0 Å². The lowest BCUT2D eigenvalue weighted by Gasteiger charge is -2.24. The molecular formula is C11H15ClO. The van der Waals surface area contributed by atoms with Gasteiger partial charge >= 0.3 is 0 Å². The van der Waals surface area contributed by atoms with Crippen LogP contribution < -0.4 is 0 Å². The van der Waals surface area contributed by atoms with Crippen molar-refractivity contribution in [2.45, 2.75) is 18.2 Å². The third kappa shape index (κ3) is 2.45. The Morgan fingerprint density at radius 3 is 2.38 bits per heavy atom. The second-order valence-electron chi connectivity index (χ2n) is 3.12. The van der Waals surface area contributed by atoms with E-state index in [1.54, 1.807) is 7.11 Å². The molecule has 0 aliphatic rings. The molecule has 1 aromatic rings. The molecule has 0 aliphatic carbocycles. The van der Waals surface area contributed by atoms with E-state index in [4.69, 9.17) is 16.3 Å². The fourth-order valence-corrected chi connectivity index (χ4v) is 1.59. The minimum Gasteiger partial charge on any atom is -0.383 e. The Hall–Kier alpha value is -0.530. The zero-order valence-electron chi connectivity index (χ0n) is 8.09. The zero-order valence-corrected chi connectivity index (χ0v) is 8.84. The van der Waals surface area contributed by atoms with Crippen molar-refractivity contribution in [2.24, 2.45) is 0 Å². The summed E-state index contributed by atoms with van der Waals surface area (Å²) in [6.45, 7) is 2.62. The monoisotopic (exact) mass is 198 g/mol. The highest BCUT2D eigenvalue weighted by Crippen LogP contribution is 2.32. The van der Waals surface area contributed by atoms with Crippen LogP contribution >= 0.6 is 11.6 Å². The van der Waals surface area contributed by atoms with E-state index in [0.29, 0.717) is 6.61 Å². The lowest BCUT2D eigenvalue weighted by molar-refractivity contribution is 0.162. The second kappa shape index (κ2) is 4.64. The summed E-state index contributed by atoms with van der Waals surface area (Å²) in [5, 5.41) is 0. The summed E-state index contributed by atoms with van der Waals surface area (Å²) in [4.78, 5) is -0.365. The summed E-state index contributed by atoms with van der Waals surface area (Å²) >= 11 is 6.42. The minimum atomic E-state index is -0.365. The summed E-state index contributed by atoms with van der Waals surface area (Å²) in [5.41, 5.74) is 1.13. The quantitative estimate of drug-likeness (QED) is 0.676. The number of hydrogen-bond donors (Lipinski definition) is 0. The molecule has 1 aromatic carbocycles. The molecule has 0 N–H and O–H groups in total. The predicted octanol–water partition coefficient (Wildman–Crippen LogP) is 3.18. The van der Waals surface area contributed by atoms with Crippen LogP contribution in [0.15, 0.2) is 30.3 Å². The largest absolute Gasteiger partial charge is 0.383 e. The van der Waals surface area contributed by atoms with E-state index in [0.717, 1.165) is 12.0 Å². The van der Waals surface area contributed by atoms with Crippen LogP contribution in [0.3, 0.4) is 0 Å². The summed E-state index contributed by atoms with van der Waals surface area (Å²) in [7, 11) is 1.68. The molecule has 1 rings (SSSR count). The van der Waals surface area contributed by atoms with Gasteiger partial charge in [0.25, 0.3) is 0 Å². The Balaban J connectivity index is 2.89. The molecule has 0 bridgehead atoms. The van der Waals surface area contributed by atoms with Crippen LogP contribution in [0.4, 0.5) is 0 Å². The molecule has 1 atom stereocenters. The molecule has 0 saturated heterocycles. The number of alkyl halides is 1.